The molecule has 122 valence electrons. The van der Waals surface area contributed by atoms with Crippen LogP contribution in [0.4, 0.5) is 4.39 Å². The zero-order valence-electron chi connectivity index (χ0n) is 13.5. The van der Waals surface area contributed by atoms with Crippen LogP contribution >= 0.6 is 0 Å². The number of nitrogens with zero attached hydrogens (tertiary/aromatic N) is 1. The molecule has 1 aliphatic heterocycles. The summed E-state index contributed by atoms with van der Waals surface area (Å²) in [6.45, 7) is 5.76. The number of carbonyl (C=O) groups is 1. The highest BCUT2D eigenvalue weighted by Crippen LogP contribution is 2.34. The van der Waals surface area contributed by atoms with Gasteiger partial charge in [0.25, 0.3) is 0 Å². The van der Waals surface area contributed by atoms with Crippen LogP contribution in [-0.2, 0) is 4.79 Å². The van der Waals surface area contributed by atoms with Gasteiger partial charge in [0.15, 0.2) is 0 Å². The number of amides is 1. The molecule has 1 unspecified atom stereocenters. The van der Waals surface area contributed by atoms with Crippen molar-refractivity contribution in [3.8, 4) is 0 Å². The van der Waals surface area contributed by atoms with Gasteiger partial charge < -0.3 is 10.0 Å². The number of hydrogen-bond donors (Lipinski definition) is 1. The van der Waals surface area contributed by atoms with Gasteiger partial charge in [-0.25, -0.2) is 4.39 Å². The largest absolute Gasteiger partial charge is 0.396 e. The first-order valence-corrected chi connectivity index (χ1v) is 8.14. The van der Waals surface area contributed by atoms with Crippen LogP contribution in [0.2, 0.25) is 0 Å². The predicted molar refractivity (Wildman–Crippen MR) is 85.1 cm³/mol. The Kier molecular flexibility index (Phi) is 5.57. The highest BCUT2D eigenvalue weighted by atomic mass is 19.1. The number of rotatable bonds is 5. The number of benzene rings is 1. The van der Waals surface area contributed by atoms with E-state index < -0.39 is 0 Å². The SMILES string of the molecule is CCC1(CO)CCN(C(=O)CC(C)c2ccc(F)cc2)CC1. The lowest BCUT2D eigenvalue weighted by Gasteiger charge is -2.40. The van der Waals surface area contributed by atoms with Crippen molar-refractivity contribution < 1.29 is 14.3 Å². The van der Waals surface area contributed by atoms with Crippen LogP contribution in [0.3, 0.4) is 0 Å². The molecule has 1 amide bonds. The summed E-state index contributed by atoms with van der Waals surface area (Å²) in [6, 6.07) is 6.37. The standard InChI is InChI=1S/C18H26FNO2/c1-3-18(13-21)8-10-20(11-9-18)17(22)12-14(2)15-4-6-16(19)7-5-15/h4-7,14,21H,3,8-13H2,1-2H3. The number of piperidine rings is 1. The number of carbonyl (C=O) groups excluding carboxylic acids is 1. The molecule has 0 radical (unpaired) electrons. The third-order valence-electron chi connectivity index (χ3n) is 5.18. The summed E-state index contributed by atoms with van der Waals surface area (Å²) in [6.07, 6.45) is 3.15. The fraction of sp³-hybridized carbons (Fsp3) is 0.611. The van der Waals surface area contributed by atoms with E-state index in [9.17, 15) is 14.3 Å². The lowest BCUT2D eigenvalue weighted by Crippen LogP contribution is -2.44. The molecule has 0 bridgehead atoms. The predicted octanol–water partition coefficient (Wildman–Crippen LogP) is 3.33. The van der Waals surface area contributed by atoms with Gasteiger partial charge in [0.1, 0.15) is 5.82 Å². The molecule has 1 aliphatic rings. The van der Waals surface area contributed by atoms with Crippen molar-refractivity contribution in [2.24, 2.45) is 5.41 Å². The van der Waals surface area contributed by atoms with Gasteiger partial charge in [-0.05, 0) is 48.3 Å². The summed E-state index contributed by atoms with van der Waals surface area (Å²) >= 11 is 0. The van der Waals surface area contributed by atoms with E-state index in [-0.39, 0.29) is 29.7 Å². The van der Waals surface area contributed by atoms with Crippen molar-refractivity contribution in [1.29, 1.82) is 0 Å². The van der Waals surface area contributed by atoms with Gasteiger partial charge in [0, 0.05) is 26.1 Å². The molecule has 0 spiro atoms. The smallest absolute Gasteiger partial charge is 0.223 e. The van der Waals surface area contributed by atoms with Crippen LogP contribution in [0.15, 0.2) is 24.3 Å². The van der Waals surface area contributed by atoms with Gasteiger partial charge >= 0.3 is 0 Å². The molecular formula is C18H26FNO2. The van der Waals surface area contributed by atoms with E-state index in [0.29, 0.717) is 6.42 Å². The lowest BCUT2D eigenvalue weighted by molar-refractivity contribution is -0.134. The first-order chi connectivity index (χ1) is 10.5. The Hall–Kier alpha value is -1.42. The summed E-state index contributed by atoms with van der Waals surface area (Å²) in [4.78, 5) is 14.3. The fourth-order valence-corrected chi connectivity index (χ4v) is 3.15. The maximum absolute atomic E-state index is 12.9. The van der Waals surface area contributed by atoms with Crippen molar-refractivity contribution in [2.75, 3.05) is 19.7 Å². The average Bonchev–Trinajstić information content (AvgIpc) is 2.55. The quantitative estimate of drug-likeness (QED) is 0.906. The van der Waals surface area contributed by atoms with Crippen molar-refractivity contribution in [3.63, 3.8) is 0 Å². The van der Waals surface area contributed by atoms with Crippen LogP contribution in [0.25, 0.3) is 0 Å². The van der Waals surface area contributed by atoms with E-state index in [4.69, 9.17) is 0 Å². The van der Waals surface area contributed by atoms with Gasteiger partial charge in [-0.3, -0.25) is 4.79 Å². The minimum atomic E-state index is -0.252. The average molecular weight is 307 g/mol. The van der Waals surface area contributed by atoms with E-state index in [0.717, 1.165) is 37.9 Å². The minimum absolute atomic E-state index is 0.000642. The number of aliphatic hydroxyl groups is 1. The second-order valence-corrected chi connectivity index (χ2v) is 6.55. The molecule has 0 aromatic heterocycles. The Balaban J connectivity index is 1.89. The molecule has 0 aliphatic carbocycles. The van der Waals surface area contributed by atoms with Gasteiger partial charge in [-0.15, -0.1) is 0 Å². The Bertz CT molecular complexity index is 486. The number of likely N-dealkylation sites (tertiary alicyclic amines) is 1. The summed E-state index contributed by atoms with van der Waals surface area (Å²) in [5.74, 6) is -0.0125. The van der Waals surface area contributed by atoms with Crippen LogP contribution in [0, 0.1) is 11.2 Å². The normalized spacial score (nSPS) is 19.0. The summed E-state index contributed by atoms with van der Waals surface area (Å²) in [7, 11) is 0. The van der Waals surface area contributed by atoms with Crippen molar-refractivity contribution in [2.45, 2.75) is 45.4 Å². The molecule has 1 fully saturated rings. The summed E-state index contributed by atoms with van der Waals surface area (Å²) < 4.78 is 12.9. The molecule has 1 atom stereocenters. The van der Waals surface area contributed by atoms with Crippen LogP contribution in [0.1, 0.15) is 51.0 Å². The third kappa shape index (κ3) is 3.86. The summed E-state index contributed by atoms with van der Waals surface area (Å²) in [5, 5.41) is 9.55. The highest BCUT2D eigenvalue weighted by Gasteiger charge is 2.34. The number of hydrogen-bond acceptors (Lipinski definition) is 2. The maximum Gasteiger partial charge on any atom is 0.223 e. The molecule has 1 aromatic carbocycles. The van der Waals surface area contributed by atoms with E-state index in [1.54, 1.807) is 12.1 Å². The van der Waals surface area contributed by atoms with Gasteiger partial charge in [0.2, 0.25) is 5.91 Å². The number of halogens is 1. The zero-order chi connectivity index (χ0) is 16.2. The van der Waals surface area contributed by atoms with E-state index >= 15 is 0 Å². The fourth-order valence-electron chi connectivity index (χ4n) is 3.15. The van der Waals surface area contributed by atoms with Gasteiger partial charge in [-0.1, -0.05) is 26.0 Å². The third-order valence-corrected chi connectivity index (χ3v) is 5.18. The van der Waals surface area contributed by atoms with Gasteiger partial charge in [-0.2, -0.15) is 0 Å². The maximum atomic E-state index is 12.9. The first-order valence-electron chi connectivity index (χ1n) is 8.14. The molecule has 2 rings (SSSR count). The van der Waals surface area contributed by atoms with E-state index in [1.807, 2.05) is 11.8 Å². The molecule has 1 aromatic rings. The summed E-state index contributed by atoms with van der Waals surface area (Å²) in [5.41, 5.74) is 0.990. The second kappa shape index (κ2) is 7.23. The van der Waals surface area contributed by atoms with Crippen molar-refractivity contribution in [3.05, 3.63) is 35.6 Å². The van der Waals surface area contributed by atoms with Crippen LogP contribution < -0.4 is 0 Å². The highest BCUT2D eigenvalue weighted by molar-refractivity contribution is 5.77. The monoisotopic (exact) mass is 307 g/mol. The Labute approximate surface area is 132 Å². The number of aliphatic hydroxyl groups excluding tert-OH is 1. The first kappa shape index (κ1) is 16.9. The van der Waals surface area contributed by atoms with Crippen LogP contribution in [-0.4, -0.2) is 35.6 Å². The Morgan fingerprint density at radius 1 is 1.32 bits per heavy atom. The second-order valence-electron chi connectivity index (χ2n) is 6.55. The topological polar surface area (TPSA) is 40.5 Å². The molecule has 1 heterocycles. The molecule has 0 saturated carbocycles. The van der Waals surface area contributed by atoms with Crippen molar-refractivity contribution in [1.82, 2.24) is 4.90 Å². The van der Waals surface area contributed by atoms with Crippen LogP contribution in [0.5, 0.6) is 0 Å². The van der Waals surface area contributed by atoms with E-state index in [2.05, 4.69) is 6.92 Å². The van der Waals surface area contributed by atoms with Crippen molar-refractivity contribution >= 4 is 5.91 Å². The molecule has 22 heavy (non-hydrogen) atoms. The molecule has 4 heteroatoms. The minimum Gasteiger partial charge on any atom is -0.396 e. The Morgan fingerprint density at radius 2 is 1.91 bits per heavy atom. The Morgan fingerprint density at radius 3 is 2.41 bits per heavy atom. The zero-order valence-corrected chi connectivity index (χ0v) is 13.5. The lowest BCUT2D eigenvalue weighted by atomic mass is 9.77. The molecule has 1 saturated heterocycles. The molecular weight excluding hydrogens is 281 g/mol. The molecule has 1 N–H and O–H groups in total. The van der Waals surface area contributed by atoms with Gasteiger partial charge in [0.05, 0.1) is 0 Å². The molecule has 3 nitrogen and oxygen atoms in total. The van der Waals surface area contributed by atoms with E-state index in [1.165, 1.54) is 12.1 Å².